The molecule has 38 heavy (non-hydrogen) atoms. The van der Waals surface area contributed by atoms with Crippen molar-refractivity contribution in [3.63, 3.8) is 0 Å². The molecule has 0 saturated heterocycles. The van der Waals surface area contributed by atoms with Crippen LogP contribution >= 0.6 is 0 Å². The van der Waals surface area contributed by atoms with E-state index in [0.29, 0.717) is 6.07 Å². The number of rotatable bonds is 6. The molecule has 1 aliphatic heterocycles. The summed E-state index contributed by atoms with van der Waals surface area (Å²) in [5.41, 5.74) is 2.75. The summed E-state index contributed by atoms with van der Waals surface area (Å²) < 4.78 is 34.5. The Morgan fingerprint density at radius 2 is 1.82 bits per heavy atom. The fourth-order valence-electron chi connectivity index (χ4n) is 3.93. The van der Waals surface area contributed by atoms with Gasteiger partial charge in [0.25, 0.3) is 11.8 Å². The first-order chi connectivity index (χ1) is 18.2. The fourth-order valence-corrected chi connectivity index (χ4v) is 3.93. The molecular formula is C28H28F2N4O4. The maximum atomic E-state index is 14.1. The van der Waals surface area contributed by atoms with Gasteiger partial charge in [-0.25, -0.2) is 8.78 Å². The Morgan fingerprint density at radius 1 is 1.08 bits per heavy atom. The van der Waals surface area contributed by atoms with Crippen LogP contribution in [0.4, 0.5) is 8.78 Å². The molecule has 1 aliphatic rings. The fraction of sp³-hybridized carbons (Fsp3) is 0.250. The summed E-state index contributed by atoms with van der Waals surface area (Å²) in [5.74, 6) is -3.15. The van der Waals surface area contributed by atoms with Gasteiger partial charge in [-0.15, -0.1) is 0 Å². The lowest BCUT2D eigenvalue weighted by atomic mass is 10.1. The summed E-state index contributed by atoms with van der Waals surface area (Å²) in [6, 6.07) is 11.5. The predicted molar refractivity (Wildman–Crippen MR) is 139 cm³/mol. The van der Waals surface area contributed by atoms with E-state index in [1.54, 1.807) is 19.2 Å². The second-order valence-electron chi connectivity index (χ2n) is 9.07. The summed E-state index contributed by atoms with van der Waals surface area (Å²) in [4.78, 5) is 41.7. The number of nitrogens with one attached hydrogen (secondary N) is 2. The molecule has 2 aromatic carbocycles. The zero-order chi connectivity index (χ0) is 27.4. The molecule has 0 radical (unpaired) electrons. The summed E-state index contributed by atoms with van der Waals surface area (Å²) in [5, 5.41) is 2.50. The molecule has 3 aromatic rings. The second kappa shape index (κ2) is 11.3. The van der Waals surface area contributed by atoms with E-state index < -0.39 is 28.9 Å². The normalized spacial score (nSPS) is 17.9. The number of hydrogen-bond acceptors (Lipinski definition) is 5. The molecule has 0 aliphatic carbocycles. The number of likely N-dealkylation sites (N-methyl/N-ethyl adjacent to an activating group) is 1. The van der Waals surface area contributed by atoms with Gasteiger partial charge < -0.3 is 20.4 Å². The summed E-state index contributed by atoms with van der Waals surface area (Å²) in [6.45, 7) is 3.39. The van der Waals surface area contributed by atoms with Crippen LogP contribution in [0.3, 0.4) is 0 Å². The second-order valence-corrected chi connectivity index (χ2v) is 9.07. The van der Waals surface area contributed by atoms with Crippen LogP contribution < -0.4 is 20.9 Å². The number of benzene rings is 2. The largest absolute Gasteiger partial charge is 0.482 e. The van der Waals surface area contributed by atoms with Crippen LogP contribution in [0.15, 0.2) is 71.7 Å². The van der Waals surface area contributed by atoms with Crippen LogP contribution in [0.1, 0.15) is 45.8 Å². The molecule has 4 rings (SSSR count). The van der Waals surface area contributed by atoms with Gasteiger partial charge in [-0.1, -0.05) is 48.6 Å². The first-order valence-electron chi connectivity index (χ1n) is 12.1. The van der Waals surface area contributed by atoms with Crippen molar-refractivity contribution in [3.05, 3.63) is 111 Å². The topological polar surface area (TPSA) is 92.7 Å². The lowest BCUT2D eigenvalue weighted by Gasteiger charge is -2.25. The third-order valence-corrected chi connectivity index (χ3v) is 6.25. The maximum absolute atomic E-state index is 14.1. The van der Waals surface area contributed by atoms with E-state index in [-0.39, 0.29) is 47.8 Å². The Labute approximate surface area is 218 Å². The van der Waals surface area contributed by atoms with E-state index in [0.717, 1.165) is 11.6 Å². The average Bonchev–Trinajstić information content (AvgIpc) is 2.93. The molecule has 0 spiro atoms. The summed E-state index contributed by atoms with van der Waals surface area (Å²) in [6.07, 6.45) is 4.95. The predicted octanol–water partition coefficient (Wildman–Crippen LogP) is 3.60. The number of pyridine rings is 1. The first-order valence-corrected chi connectivity index (χ1v) is 12.1. The number of carbonyl (C=O) groups is 2. The monoisotopic (exact) mass is 522 g/mol. The molecule has 0 saturated carbocycles. The molecule has 198 valence electrons. The highest BCUT2D eigenvalue weighted by Crippen LogP contribution is 2.21. The third kappa shape index (κ3) is 5.74. The summed E-state index contributed by atoms with van der Waals surface area (Å²) >= 11 is 0. The summed E-state index contributed by atoms with van der Waals surface area (Å²) in [7, 11) is 1.61. The molecule has 2 heterocycles. The molecule has 0 unspecified atom stereocenters. The minimum Gasteiger partial charge on any atom is -0.482 e. The Balaban J connectivity index is 1.77. The highest BCUT2D eigenvalue weighted by Gasteiger charge is 2.30. The smallest absolute Gasteiger partial charge is 0.276 e. The standard InChI is InChI=1S/C28H28F2N4O4/c1-17-9-10-18(2)33(3)28(37)24-26(38-16-19-7-5-4-6-8-19)25(35)22(15-34(24)32-17)27(36)31-14-20-11-12-21(29)13-23(20)30/h4-13,15,17-18,32H,14,16H2,1-3H3,(H,31,36)/b10-9-/t17-,18+/m1/s1. The van der Waals surface area contributed by atoms with Crippen molar-refractivity contribution in [2.75, 3.05) is 12.5 Å². The molecule has 0 fully saturated rings. The van der Waals surface area contributed by atoms with Crippen molar-refractivity contribution in [2.24, 2.45) is 0 Å². The lowest BCUT2D eigenvalue weighted by Crippen LogP contribution is -2.40. The Bertz CT molecular complexity index is 1440. The number of halogens is 2. The quantitative estimate of drug-likeness (QED) is 0.483. The number of nitrogens with zero attached hydrogens (tertiary/aromatic N) is 2. The van der Waals surface area contributed by atoms with E-state index in [2.05, 4.69) is 10.7 Å². The van der Waals surface area contributed by atoms with Crippen molar-refractivity contribution in [1.29, 1.82) is 0 Å². The van der Waals surface area contributed by atoms with E-state index in [4.69, 9.17) is 4.74 Å². The van der Waals surface area contributed by atoms with Crippen molar-refractivity contribution in [2.45, 2.75) is 39.1 Å². The highest BCUT2D eigenvalue weighted by atomic mass is 19.1. The number of fused-ring (bicyclic) bond motifs is 1. The molecule has 8 nitrogen and oxygen atoms in total. The molecular weight excluding hydrogens is 494 g/mol. The van der Waals surface area contributed by atoms with Crippen molar-refractivity contribution in [1.82, 2.24) is 14.9 Å². The van der Waals surface area contributed by atoms with Gasteiger partial charge in [-0.3, -0.25) is 19.1 Å². The number of carbonyl (C=O) groups excluding carboxylic acids is 2. The average molecular weight is 523 g/mol. The van der Waals surface area contributed by atoms with Gasteiger partial charge in [-0.2, -0.15) is 0 Å². The van der Waals surface area contributed by atoms with Crippen molar-refractivity contribution in [3.8, 4) is 5.75 Å². The van der Waals surface area contributed by atoms with Crippen molar-refractivity contribution < 1.29 is 23.1 Å². The number of ether oxygens (including phenoxy) is 1. The van der Waals surface area contributed by atoms with Gasteiger partial charge in [0.15, 0.2) is 11.4 Å². The van der Waals surface area contributed by atoms with Gasteiger partial charge in [0.2, 0.25) is 5.43 Å². The number of hydrogen-bond donors (Lipinski definition) is 2. The van der Waals surface area contributed by atoms with Crippen LogP contribution in [-0.4, -0.2) is 40.5 Å². The van der Waals surface area contributed by atoms with Crippen molar-refractivity contribution >= 4 is 11.8 Å². The Hall–Kier alpha value is -4.47. The lowest BCUT2D eigenvalue weighted by molar-refractivity contribution is 0.0752. The van der Waals surface area contributed by atoms with E-state index in [9.17, 15) is 23.2 Å². The van der Waals surface area contributed by atoms with Crippen LogP contribution in [0.25, 0.3) is 0 Å². The van der Waals surface area contributed by atoms with E-state index in [1.807, 2.05) is 44.2 Å². The minimum atomic E-state index is -0.826. The van der Waals surface area contributed by atoms with Crippen LogP contribution in [0.2, 0.25) is 0 Å². The first kappa shape index (κ1) is 26.6. The van der Waals surface area contributed by atoms with Crippen LogP contribution in [0.5, 0.6) is 5.75 Å². The maximum Gasteiger partial charge on any atom is 0.276 e. The van der Waals surface area contributed by atoms with E-state index in [1.165, 1.54) is 21.8 Å². The molecule has 1 aromatic heterocycles. The number of amides is 2. The Kier molecular flexibility index (Phi) is 7.90. The van der Waals surface area contributed by atoms with Gasteiger partial charge >= 0.3 is 0 Å². The minimum absolute atomic E-state index is 0.0186. The zero-order valence-electron chi connectivity index (χ0n) is 21.2. The molecule has 2 N–H and O–H groups in total. The van der Waals surface area contributed by atoms with Crippen LogP contribution in [-0.2, 0) is 13.2 Å². The highest BCUT2D eigenvalue weighted by molar-refractivity contribution is 5.99. The zero-order valence-corrected chi connectivity index (χ0v) is 21.2. The van der Waals surface area contributed by atoms with Crippen LogP contribution in [0, 0.1) is 11.6 Å². The van der Waals surface area contributed by atoms with E-state index >= 15 is 0 Å². The third-order valence-electron chi connectivity index (χ3n) is 6.25. The molecule has 2 atom stereocenters. The van der Waals surface area contributed by atoms with Gasteiger partial charge in [0.1, 0.15) is 23.8 Å². The van der Waals surface area contributed by atoms with Gasteiger partial charge in [0.05, 0.1) is 6.04 Å². The number of aromatic nitrogens is 1. The van der Waals surface area contributed by atoms with Gasteiger partial charge in [-0.05, 0) is 25.5 Å². The van der Waals surface area contributed by atoms with Gasteiger partial charge in [0, 0.05) is 37.5 Å². The Morgan fingerprint density at radius 3 is 2.53 bits per heavy atom. The molecule has 2 amide bonds. The molecule has 10 heteroatoms. The molecule has 0 bridgehead atoms. The SMILES string of the molecule is C[C@@H]1/C=C\[C@H](C)N(C)C(=O)c2c(OCc3ccccc3)c(=O)c(C(=O)NCc3ccc(F)cc3F)cn2N1.